The normalized spacial score (nSPS) is 21.9. The summed E-state index contributed by atoms with van der Waals surface area (Å²) >= 11 is 0. The van der Waals surface area contributed by atoms with Crippen LogP contribution < -0.4 is 5.32 Å². The highest BCUT2D eigenvalue weighted by molar-refractivity contribution is 4.75. The summed E-state index contributed by atoms with van der Waals surface area (Å²) in [5.74, 6) is 0.969. The van der Waals surface area contributed by atoms with Gasteiger partial charge in [-0.15, -0.1) is 0 Å². The molecule has 1 rings (SSSR count). The van der Waals surface area contributed by atoms with Crippen LogP contribution in [0.5, 0.6) is 0 Å². The highest BCUT2D eigenvalue weighted by Gasteiger charge is 2.17. The number of methoxy groups -OCH3 is 1. The minimum Gasteiger partial charge on any atom is -0.383 e. The van der Waals surface area contributed by atoms with E-state index in [1.54, 1.807) is 7.11 Å². The molecule has 1 fully saturated rings. The molecule has 0 spiro atoms. The van der Waals surface area contributed by atoms with Gasteiger partial charge in [0.05, 0.1) is 6.61 Å². The van der Waals surface area contributed by atoms with Gasteiger partial charge in [-0.25, -0.2) is 0 Å². The van der Waals surface area contributed by atoms with Crippen molar-refractivity contribution in [3.8, 4) is 0 Å². The quantitative estimate of drug-likeness (QED) is 0.720. The molecule has 0 radical (unpaired) electrons. The van der Waals surface area contributed by atoms with Crippen molar-refractivity contribution >= 4 is 0 Å². The van der Waals surface area contributed by atoms with Crippen LogP contribution in [0.25, 0.3) is 0 Å². The van der Waals surface area contributed by atoms with Gasteiger partial charge >= 0.3 is 0 Å². The van der Waals surface area contributed by atoms with Gasteiger partial charge in [-0.3, -0.25) is 0 Å². The van der Waals surface area contributed by atoms with E-state index < -0.39 is 0 Å². The SMILES string of the molecule is CCC(COC)NC(C)CC1CCCCC1. The average Bonchev–Trinajstić information content (AvgIpc) is 2.29. The summed E-state index contributed by atoms with van der Waals surface area (Å²) < 4.78 is 5.22. The van der Waals surface area contributed by atoms with E-state index in [9.17, 15) is 0 Å². The van der Waals surface area contributed by atoms with Crippen molar-refractivity contribution in [2.75, 3.05) is 13.7 Å². The molecule has 0 aromatic heterocycles. The Kier molecular flexibility index (Phi) is 7.06. The van der Waals surface area contributed by atoms with E-state index in [0.717, 1.165) is 18.9 Å². The first-order chi connectivity index (χ1) is 7.76. The molecular formula is C14H29NO. The molecule has 0 aliphatic heterocycles. The number of ether oxygens (including phenoxy) is 1. The second-order valence-corrected chi connectivity index (χ2v) is 5.37. The third-order valence-electron chi connectivity index (χ3n) is 3.79. The number of rotatable bonds is 7. The fourth-order valence-corrected chi connectivity index (χ4v) is 2.88. The van der Waals surface area contributed by atoms with Gasteiger partial charge in [0.2, 0.25) is 0 Å². The molecule has 1 N–H and O–H groups in total. The first-order valence-corrected chi connectivity index (χ1v) is 7.01. The summed E-state index contributed by atoms with van der Waals surface area (Å²) in [5, 5.41) is 3.69. The second-order valence-electron chi connectivity index (χ2n) is 5.37. The molecule has 2 atom stereocenters. The standard InChI is InChI=1S/C14H29NO/c1-4-14(11-16-3)15-12(2)10-13-8-6-5-7-9-13/h12-15H,4-11H2,1-3H3. The van der Waals surface area contributed by atoms with Crippen molar-refractivity contribution in [3.05, 3.63) is 0 Å². The molecule has 0 aromatic rings. The molecule has 1 aliphatic rings. The maximum atomic E-state index is 5.22. The van der Waals surface area contributed by atoms with Gasteiger partial charge in [0, 0.05) is 19.2 Å². The molecule has 0 heterocycles. The Hall–Kier alpha value is -0.0800. The van der Waals surface area contributed by atoms with Gasteiger partial charge in [-0.1, -0.05) is 39.0 Å². The van der Waals surface area contributed by atoms with E-state index in [-0.39, 0.29) is 0 Å². The zero-order valence-electron chi connectivity index (χ0n) is 11.3. The third-order valence-corrected chi connectivity index (χ3v) is 3.79. The van der Waals surface area contributed by atoms with E-state index in [1.165, 1.54) is 38.5 Å². The van der Waals surface area contributed by atoms with Gasteiger partial charge in [0.25, 0.3) is 0 Å². The van der Waals surface area contributed by atoms with Gasteiger partial charge in [0.1, 0.15) is 0 Å². The minimum absolute atomic E-state index is 0.531. The van der Waals surface area contributed by atoms with Crippen LogP contribution in [0.1, 0.15) is 58.8 Å². The lowest BCUT2D eigenvalue weighted by atomic mass is 9.85. The zero-order valence-corrected chi connectivity index (χ0v) is 11.3. The van der Waals surface area contributed by atoms with Gasteiger partial charge < -0.3 is 10.1 Å². The molecule has 1 aliphatic carbocycles. The van der Waals surface area contributed by atoms with Crippen LogP contribution in [0, 0.1) is 5.92 Å². The molecule has 0 bridgehead atoms. The van der Waals surface area contributed by atoms with Gasteiger partial charge in [-0.2, -0.15) is 0 Å². The minimum atomic E-state index is 0.531. The number of nitrogens with one attached hydrogen (secondary N) is 1. The summed E-state index contributed by atoms with van der Waals surface area (Å²) in [7, 11) is 1.79. The molecular weight excluding hydrogens is 198 g/mol. The summed E-state index contributed by atoms with van der Waals surface area (Å²) in [5.41, 5.74) is 0. The molecule has 16 heavy (non-hydrogen) atoms. The maximum Gasteiger partial charge on any atom is 0.0615 e. The van der Waals surface area contributed by atoms with Crippen LogP contribution in [-0.2, 0) is 4.74 Å². The Morgan fingerprint density at radius 2 is 1.94 bits per heavy atom. The molecule has 0 amide bonds. The predicted octanol–water partition coefficient (Wildman–Crippen LogP) is 3.36. The molecule has 2 unspecified atom stereocenters. The van der Waals surface area contributed by atoms with Crippen molar-refractivity contribution in [2.45, 2.75) is 70.9 Å². The lowest BCUT2D eigenvalue weighted by molar-refractivity contribution is 0.155. The van der Waals surface area contributed by atoms with Crippen molar-refractivity contribution in [2.24, 2.45) is 5.92 Å². The van der Waals surface area contributed by atoms with Crippen LogP contribution in [0.4, 0.5) is 0 Å². The monoisotopic (exact) mass is 227 g/mol. The smallest absolute Gasteiger partial charge is 0.0615 e. The van der Waals surface area contributed by atoms with Crippen LogP contribution in [0.2, 0.25) is 0 Å². The van der Waals surface area contributed by atoms with Crippen molar-refractivity contribution in [3.63, 3.8) is 0 Å². The van der Waals surface area contributed by atoms with E-state index in [2.05, 4.69) is 19.2 Å². The molecule has 2 heteroatoms. The van der Waals surface area contributed by atoms with Crippen LogP contribution in [0.15, 0.2) is 0 Å². The third kappa shape index (κ3) is 5.31. The van der Waals surface area contributed by atoms with E-state index in [1.807, 2.05) is 0 Å². The molecule has 0 saturated heterocycles. The summed E-state index contributed by atoms with van der Waals surface area (Å²) in [4.78, 5) is 0. The zero-order chi connectivity index (χ0) is 11.8. The first-order valence-electron chi connectivity index (χ1n) is 7.01. The lowest BCUT2D eigenvalue weighted by Gasteiger charge is -2.27. The van der Waals surface area contributed by atoms with E-state index in [0.29, 0.717) is 12.1 Å². The summed E-state index contributed by atoms with van der Waals surface area (Å²) in [6.45, 7) is 5.39. The molecule has 2 nitrogen and oxygen atoms in total. The summed E-state index contributed by atoms with van der Waals surface area (Å²) in [6.07, 6.45) is 9.77. The van der Waals surface area contributed by atoms with Crippen molar-refractivity contribution in [1.82, 2.24) is 5.32 Å². The largest absolute Gasteiger partial charge is 0.383 e. The maximum absolute atomic E-state index is 5.22. The van der Waals surface area contributed by atoms with Crippen LogP contribution in [-0.4, -0.2) is 25.8 Å². The van der Waals surface area contributed by atoms with E-state index in [4.69, 9.17) is 4.74 Å². The topological polar surface area (TPSA) is 21.3 Å². The fraction of sp³-hybridized carbons (Fsp3) is 1.00. The Morgan fingerprint density at radius 3 is 2.50 bits per heavy atom. The number of hydrogen-bond donors (Lipinski definition) is 1. The molecule has 96 valence electrons. The van der Waals surface area contributed by atoms with Crippen molar-refractivity contribution < 1.29 is 4.74 Å². The Morgan fingerprint density at radius 1 is 1.25 bits per heavy atom. The second kappa shape index (κ2) is 8.08. The average molecular weight is 227 g/mol. The predicted molar refractivity (Wildman–Crippen MR) is 69.7 cm³/mol. The lowest BCUT2D eigenvalue weighted by Crippen LogP contribution is -2.40. The number of hydrogen-bond acceptors (Lipinski definition) is 2. The first kappa shape index (κ1) is 14.0. The van der Waals surface area contributed by atoms with Crippen LogP contribution in [0.3, 0.4) is 0 Å². The summed E-state index contributed by atoms with van der Waals surface area (Å²) in [6, 6.07) is 1.17. The Labute approximate surface area is 101 Å². The van der Waals surface area contributed by atoms with Gasteiger partial charge in [-0.05, 0) is 25.7 Å². The van der Waals surface area contributed by atoms with Crippen LogP contribution >= 0.6 is 0 Å². The highest BCUT2D eigenvalue weighted by Crippen LogP contribution is 2.27. The Balaban J connectivity index is 2.19. The molecule has 1 saturated carbocycles. The van der Waals surface area contributed by atoms with Gasteiger partial charge in [0.15, 0.2) is 0 Å². The molecule has 0 aromatic carbocycles. The van der Waals surface area contributed by atoms with E-state index >= 15 is 0 Å². The Bertz CT molecular complexity index is 159. The highest BCUT2D eigenvalue weighted by atomic mass is 16.5. The van der Waals surface area contributed by atoms with Crippen molar-refractivity contribution in [1.29, 1.82) is 0 Å². The fourth-order valence-electron chi connectivity index (χ4n) is 2.88.